The molecular formula is C21H22ClN5O3. The molecule has 2 N–H and O–H groups in total. The number of nitrogens with one attached hydrogen (secondary N) is 2. The Morgan fingerprint density at radius 3 is 2.70 bits per heavy atom. The van der Waals surface area contributed by atoms with Crippen LogP contribution in [0.2, 0.25) is 5.02 Å². The molecule has 1 fully saturated rings. The van der Waals surface area contributed by atoms with Gasteiger partial charge in [0.2, 0.25) is 0 Å². The fourth-order valence-electron chi connectivity index (χ4n) is 3.65. The van der Waals surface area contributed by atoms with Crippen molar-refractivity contribution in [1.29, 1.82) is 0 Å². The number of likely N-dealkylation sites (tertiary alicyclic amines) is 1. The minimum Gasteiger partial charge on any atom is -0.386 e. The van der Waals surface area contributed by atoms with E-state index in [9.17, 15) is 9.59 Å². The number of rotatable bonds is 4. The quantitative estimate of drug-likeness (QED) is 0.783. The summed E-state index contributed by atoms with van der Waals surface area (Å²) in [5, 5.41) is 10.4. The fourth-order valence-corrected chi connectivity index (χ4v) is 3.78. The third-order valence-electron chi connectivity index (χ3n) is 5.23. The van der Waals surface area contributed by atoms with Gasteiger partial charge in [-0.2, -0.15) is 0 Å². The van der Waals surface area contributed by atoms with Crippen LogP contribution in [0.5, 0.6) is 0 Å². The minimum absolute atomic E-state index is 0.212. The Balaban J connectivity index is 1.32. The summed E-state index contributed by atoms with van der Waals surface area (Å²) in [6.07, 6.45) is 5.24. The Morgan fingerprint density at radius 2 is 1.93 bits per heavy atom. The Bertz CT molecular complexity index is 951. The molecule has 2 aliphatic heterocycles. The molecular weight excluding hydrogens is 406 g/mol. The molecule has 0 saturated carbocycles. The number of aromatic nitrogens is 1. The van der Waals surface area contributed by atoms with Crippen molar-refractivity contribution in [3.8, 4) is 0 Å². The van der Waals surface area contributed by atoms with Gasteiger partial charge in [0, 0.05) is 42.6 Å². The largest absolute Gasteiger partial charge is 0.386 e. The SMILES string of the molecule is O=C(NCc1ccncc1)C1=NO[C@]2(CCCN(C(=O)Nc3ccc(Cl)cc3)C2)C1. The first-order valence-electron chi connectivity index (χ1n) is 9.77. The lowest BCUT2D eigenvalue weighted by Crippen LogP contribution is -2.52. The molecule has 2 aliphatic rings. The average Bonchev–Trinajstić information content (AvgIpc) is 3.17. The van der Waals surface area contributed by atoms with E-state index in [1.165, 1.54) is 0 Å². The topological polar surface area (TPSA) is 95.9 Å². The van der Waals surface area contributed by atoms with Crippen molar-refractivity contribution < 1.29 is 14.4 Å². The maximum Gasteiger partial charge on any atom is 0.321 e. The summed E-state index contributed by atoms with van der Waals surface area (Å²) in [6, 6.07) is 10.4. The van der Waals surface area contributed by atoms with E-state index in [4.69, 9.17) is 16.4 Å². The Hall–Kier alpha value is -3.13. The first-order chi connectivity index (χ1) is 14.5. The minimum atomic E-state index is -0.654. The van der Waals surface area contributed by atoms with Crippen molar-refractivity contribution >= 4 is 34.9 Å². The van der Waals surface area contributed by atoms with E-state index < -0.39 is 5.60 Å². The lowest BCUT2D eigenvalue weighted by Gasteiger charge is -2.38. The van der Waals surface area contributed by atoms with Gasteiger partial charge in [-0.25, -0.2) is 4.79 Å². The van der Waals surface area contributed by atoms with Gasteiger partial charge in [0.1, 0.15) is 5.71 Å². The molecule has 2 aromatic rings. The van der Waals surface area contributed by atoms with Crippen LogP contribution in [0.15, 0.2) is 53.9 Å². The number of carbonyl (C=O) groups excluding carboxylic acids is 2. The number of oxime groups is 1. The highest BCUT2D eigenvalue weighted by atomic mass is 35.5. The molecule has 156 valence electrons. The highest BCUT2D eigenvalue weighted by Crippen LogP contribution is 2.33. The van der Waals surface area contributed by atoms with Crippen LogP contribution >= 0.6 is 11.6 Å². The van der Waals surface area contributed by atoms with E-state index in [0.717, 1.165) is 18.4 Å². The summed E-state index contributed by atoms with van der Waals surface area (Å²) >= 11 is 5.89. The molecule has 9 heteroatoms. The standard InChI is InChI=1S/C21H22ClN5O3/c22-16-2-4-17(5-3-16)25-20(29)27-11-1-8-21(14-27)12-18(26-30-21)19(28)24-13-15-6-9-23-10-7-15/h2-7,9-10H,1,8,11-14H2,(H,24,28)(H,25,29)/t21-/m1/s1. The van der Waals surface area contributed by atoms with Crippen molar-refractivity contribution in [1.82, 2.24) is 15.2 Å². The van der Waals surface area contributed by atoms with Gasteiger partial charge in [0.25, 0.3) is 5.91 Å². The summed E-state index contributed by atoms with van der Waals surface area (Å²) in [5.41, 5.74) is 1.32. The number of urea groups is 1. The first-order valence-corrected chi connectivity index (χ1v) is 10.1. The van der Waals surface area contributed by atoms with E-state index in [1.54, 1.807) is 41.6 Å². The Morgan fingerprint density at radius 1 is 1.17 bits per heavy atom. The molecule has 0 unspecified atom stereocenters. The van der Waals surface area contributed by atoms with Crippen LogP contribution in [0.3, 0.4) is 0 Å². The van der Waals surface area contributed by atoms with E-state index >= 15 is 0 Å². The maximum atomic E-state index is 12.7. The summed E-state index contributed by atoms with van der Waals surface area (Å²) in [7, 11) is 0. The number of halogens is 1. The number of amides is 3. The zero-order valence-electron chi connectivity index (χ0n) is 16.3. The van der Waals surface area contributed by atoms with Gasteiger partial charge >= 0.3 is 6.03 Å². The van der Waals surface area contributed by atoms with Gasteiger partial charge in [-0.15, -0.1) is 0 Å². The molecule has 4 rings (SSSR count). The summed E-state index contributed by atoms with van der Waals surface area (Å²) in [5.74, 6) is -0.258. The lowest BCUT2D eigenvalue weighted by atomic mass is 9.88. The molecule has 0 aliphatic carbocycles. The van der Waals surface area contributed by atoms with Crippen LogP contribution in [0.25, 0.3) is 0 Å². The number of nitrogens with zero attached hydrogens (tertiary/aromatic N) is 3. The lowest BCUT2D eigenvalue weighted by molar-refractivity contribution is -0.115. The van der Waals surface area contributed by atoms with E-state index in [2.05, 4.69) is 20.8 Å². The smallest absolute Gasteiger partial charge is 0.321 e. The number of piperidine rings is 1. The summed E-state index contributed by atoms with van der Waals surface area (Å²) in [4.78, 5) is 36.5. The maximum absolute atomic E-state index is 12.7. The molecule has 1 spiro atoms. The first kappa shape index (κ1) is 20.2. The molecule has 1 aromatic heterocycles. The van der Waals surface area contributed by atoms with Crippen LogP contribution in [0, 0.1) is 0 Å². The normalized spacial score (nSPS) is 20.4. The predicted molar refractivity (Wildman–Crippen MR) is 113 cm³/mol. The van der Waals surface area contributed by atoms with E-state index in [1.807, 2.05) is 12.1 Å². The molecule has 8 nitrogen and oxygen atoms in total. The van der Waals surface area contributed by atoms with E-state index in [0.29, 0.717) is 42.5 Å². The van der Waals surface area contributed by atoms with Crippen LogP contribution < -0.4 is 10.6 Å². The molecule has 1 atom stereocenters. The number of benzene rings is 1. The van der Waals surface area contributed by atoms with Gasteiger partial charge in [0.05, 0.1) is 6.54 Å². The highest BCUT2D eigenvalue weighted by Gasteiger charge is 2.45. The number of hydrogen-bond acceptors (Lipinski definition) is 5. The molecule has 3 heterocycles. The van der Waals surface area contributed by atoms with Gasteiger partial charge in [0.15, 0.2) is 5.60 Å². The molecule has 0 bridgehead atoms. The van der Waals surface area contributed by atoms with E-state index in [-0.39, 0.29) is 11.9 Å². The summed E-state index contributed by atoms with van der Waals surface area (Å²) < 4.78 is 0. The molecule has 3 amide bonds. The van der Waals surface area contributed by atoms with Crippen molar-refractivity contribution in [2.75, 3.05) is 18.4 Å². The Labute approximate surface area is 179 Å². The van der Waals surface area contributed by atoms with Gasteiger partial charge in [-0.3, -0.25) is 9.78 Å². The third kappa shape index (κ3) is 4.71. The zero-order valence-corrected chi connectivity index (χ0v) is 17.1. The van der Waals surface area contributed by atoms with Crippen molar-refractivity contribution in [3.05, 3.63) is 59.4 Å². The summed E-state index contributed by atoms with van der Waals surface area (Å²) in [6.45, 7) is 1.38. The number of anilines is 1. The molecule has 1 saturated heterocycles. The van der Waals surface area contributed by atoms with Crippen molar-refractivity contribution in [2.45, 2.75) is 31.4 Å². The van der Waals surface area contributed by atoms with Crippen LogP contribution in [-0.4, -0.2) is 46.2 Å². The van der Waals surface area contributed by atoms with Gasteiger partial charge in [-0.05, 0) is 54.8 Å². The average molecular weight is 428 g/mol. The second-order valence-corrected chi connectivity index (χ2v) is 7.93. The van der Waals surface area contributed by atoms with Crippen molar-refractivity contribution in [3.63, 3.8) is 0 Å². The monoisotopic (exact) mass is 427 g/mol. The zero-order chi connectivity index (χ0) is 21.0. The number of hydrogen-bond donors (Lipinski definition) is 2. The number of pyridine rings is 1. The fraction of sp³-hybridized carbons (Fsp3) is 0.333. The third-order valence-corrected chi connectivity index (χ3v) is 5.48. The predicted octanol–water partition coefficient (Wildman–Crippen LogP) is 3.19. The van der Waals surface area contributed by atoms with Crippen LogP contribution in [0.4, 0.5) is 10.5 Å². The van der Waals surface area contributed by atoms with Crippen LogP contribution in [0.1, 0.15) is 24.8 Å². The highest BCUT2D eigenvalue weighted by molar-refractivity contribution is 6.39. The van der Waals surface area contributed by atoms with Crippen molar-refractivity contribution in [2.24, 2.45) is 5.16 Å². The Kier molecular flexibility index (Phi) is 5.85. The van der Waals surface area contributed by atoms with Crippen LogP contribution in [-0.2, 0) is 16.2 Å². The van der Waals surface area contributed by atoms with Gasteiger partial charge < -0.3 is 20.4 Å². The molecule has 30 heavy (non-hydrogen) atoms. The number of carbonyl (C=O) groups is 2. The molecule has 1 aromatic carbocycles. The van der Waals surface area contributed by atoms with Gasteiger partial charge in [-0.1, -0.05) is 16.8 Å². The second kappa shape index (κ2) is 8.71. The molecule has 0 radical (unpaired) electrons. The second-order valence-electron chi connectivity index (χ2n) is 7.49.